The van der Waals surface area contributed by atoms with Gasteiger partial charge in [-0.25, -0.2) is 17.7 Å². The summed E-state index contributed by atoms with van der Waals surface area (Å²) < 4.78 is 33.1. The molecule has 0 unspecified atom stereocenters. The molecule has 0 spiro atoms. The number of ether oxygens (including phenoxy) is 1. The van der Waals surface area contributed by atoms with Crippen LogP contribution in [0.25, 0.3) is 0 Å². The molecule has 0 saturated carbocycles. The average Bonchev–Trinajstić information content (AvgIpc) is 2.91. The summed E-state index contributed by atoms with van der Waals surface area (Å²) >= 11 is 0. The van der Waals surface area contributed by atoms with Crippen molar-refractivity contribution in [3.63, 3.8) is 0 Å². The van der Waals surface area contributed by atoms with E-state index in [0.29, 0.717) is 6.54 Å². The van der Waals surface area contributed by atoms with Gasteiger partial charge in [0, 0.05) is 33.9 Å². The van der Waals surface area contributed by atoms with Gasteiger partial charge in [-0.1, -0.05) is 0 Å². The van der Waals surface area contributed by atoms with Crippen LogP contribution in [-0.2, 0) is 21.8 Å². The van der Waals surface area contributed by atoms with Crippen LogP contribution in [0, 0.1) is 5.92 Å². The van der Waals surface area contributed by atoms with Crippen LogP contribution in [0.1, 0.15) is 24.6 Å². The largest absolute Gasteiger partial charge is 0.384 e. The lowest BCUT2D eigenvalue weighted by Crippen LogP contribution is -2.43. The minimum Gasteiger partial charge on any atom is -0.384 e. The highest BCUT2D eigenvalue weighted by Gasteiger charge is 2.34. The number of aryl methyl sites for hydroxylation is 1. The number of sulfonamides is 1. The molecule has 132 valence electrons. The lowest BCUT2D eigenvalue weighted by molar-refractivity contribution is 0.104. The molecule has 1 aromatic rings. The predicted molar refractivity (Wildman–Crippen MR) is 89.6 cm³/mol. The topological polar surface area (TPSA) is 67.7 Å². The molecule has 0 N–H and O–H groups in total. The molecule has 0 aliphatic carbocycles. The van der Waals surface area contributed by atoms with Gasteiger partial charge in [-0.2, -0.15) is 0 Å². The van der Waals surface area contributed by atoms with E-state index in [1.54, 1.807) is 13.4 Å². The van der Waals surface area contributed by atoms with Crippen molar-refractivity contribution in [1.82, 2.24) is 18.8 Å². The molecule has 23 heavy (non-hydrogen) atoms. The Labute approximate surface area is 139 Å². The number of hydrogen-bond donors (Lipinski definition) is 0. The molecule has 2 atom stereocenters. The van der Waals surface area contributed by atoms with Crippen molar-refractivity contribution in [2.45, 2.75) is 18.9 Å². The summed E-state index contributed by atoms with van der Waals surface area (Å²) in [6, 6.07) is 0.191. The van der Waals surface area contributed by atoms with Crippen LogP contribution in [0.5, 0.6) is 0 Å². The van der Waals surface area contributed by atoms with Gasteiger partial charge < -0.3 is 9.30 Å². The first-order chi connectivity index (χ1) is 10.9. The van der Waals surface area contributed by atoms with Gasteiger partial charge in [-0.15, -0.1) is 0 Å². The highest BCUT2D eigenvalue weighted by molar-refractivity contribution is 7.89. The number of aromatic nitrogens is 2. The first-order valence-corrected chi connectivity index (χ1v) is 9.57. The predicted octanol–water partition coefficient (Wildman–Crippen LogP) is 0.711. The van der Waals surface area contributed by atoms with Crippen molar-refractivity contribution in [2.75, 3.05) is 46.7 Å². The van der Waals surface area contributed by atoms with Gasteiger partial charge in [0.1, 0.15) is 0 Å². The summed E-state index contributed by atoms with van der Waals surface area (Å²) in [6.07, 6.45) is 5.79. The molecule has 0 bridgehead atoms. The van der Waals surface area contributed by atoms with E-state index >= 15 is 0 Å². The molecular formula is C15H28N4O3S. The Kier molecular flexibility index (Phi) is 6.19. The molecule has 7 nitrogen and oxygen atoms in total. The number of nitrogens with zero attached hydrogens (tertiary/aromatic N) is 4. The molecule has 1 aliphatic heterocycles. The molecule has 1 saturated heterocycles. The Hall–Kier alpha value is -0.960. The number of likely N-dealkylation sites (tertiary alicyclic amines) is 1. The molecule has 0 radical (unpaired) electrons. The van der Waals surface area contributed by atoms with Gasteiger partial charge in [0.25, 0.3) is 0 Å². The van der Waals surface area contributed by atoms with Gasteiger partial charge in [0.05, 0.1) is 30.4 Å². The van der Waals surface area contributed by atoms with Crippen molar-refractivity contribution in [1.29, 1.82) is 0 Å². The molecule has 0 amide bonds. The smallest absolute Gasteiger partial charge is 0.216 e. The van der Waals surface area contributed by atoms with Crippen molar-refractivity contribution in [2.24, 2.45) is 13.0 Å². The van der Waals surface area contributed by atoms with Gasteiger partial charge >= 0.3 is 0 Å². The lowest BCUT2D eigenvalue weighted by Gasteiger charge is -2.40. The quantitative estimate of drug-likeness (QED) is 0.729. The number of rotatable bonds is 7. The zero-order chi connectivity index (χ0) is 17.0. The summed E-state index contributed by atoms with van der Waals surface area (Å²) in [4.78, 5) is 6.53. The fourth-order valence-corrected chi connectivity index (χ4v) is 4.47. The van der Waals surface area contributed by atoms with E-state index < -0.39 is 10.0 Å². The average molecular weight is 344 g/mol. The molecular weight excluding hydrogens is 316 g/mol. The fourth-order valence-electron chi connectivity index (χ4n) is 3.36. The number of piperidine rings is 1. The summed E-state index contributed by atoms with van der Waals surface area (Å²) in [6.45, 7) is 1.77. The first kappa shape index (κ1) is 18.4. The lowest BCUT2D eigenvalue weighted by atomic mass is 9.87. The number of imidazole rings is 1. The molecule has 1 aromatic heterocycles. The van der Waals surface area contributed by atoms with E-state index in [-0.39, 0.29) is 24.3 Å². The minimum atomic E-state index is -3.27. The van der Waals surface area contributed by atoms with Gasteiger partial charge in [0.2, 0.25) is 10.0 Å². The summed E-state index contributed by atoms with van der Waals surface area (Å²) in [5.41, 5.74) is 1.14. The van der Waals surface area contributed by atoms with Crippen molar-refractivity contribution in [3.8, 4) is 0 Å². The fraction of sp³-hybridized carbons (Fsp3) is 0.800. The third kappa shape index (κ3) is 4.32. The third-order valence-electron chi connectivity index (χ3n) is 4.68. The van der Waals surface area contributed by atoms with Crippen molar-refractivity contribution in [3.05, 3.63) is 18.2 Å². The number of hydrogen-bond acceptors (Lipinski definition) is 5. The molecule has 2 rings (SSSR count). The molecule has 8 heteroatoms. The van der Waals surface area contributed by atoms with Crippen LogP contribution < -0.4 is 0 Å². The van der Waals surface area contributed by atoms with Gasteiger partial charge in [-0.05, 0) is 32.4 Å². The monoisotopic (exact) mass is 344 g/mol. The Morgan fingerprint density at radius 3 is 2.78 bits per heavy atom. The maximum Gasteiger partial charge on any atom is 0.216 e. The van der Waals surface area contributed by atoms with E-state index in [1.165, 1.54) is 11.4 Å². The maximum absolute atomic E-state index is 12.3. The van der Waals surface area contributed by atoms with Crippen LogP contribution in [0.3, 0.4) is 0 Å². The SMILES string of the molecule is COCCS(=O)(=O)N(C)C[C@@H]1CCCN(C)[C@H]1c1cncn1C. The van der Waals surface area contributed by atoms with Crippen LogP contribution in [-0.4, -0.2) is 73.8 Å². The van der Waals surface area contributed by atoms with Gasteiger partial charge in [0.15, 0.2) is 0 Å². The molecule has 2 heterocycles. The first-order valence-electron chi connectivity index (χ1n) is 7.96. The normalized spacial score (nSPS) is 23.5. The Bertz CT molecular complexity index is 602. The molecule has 0 aromatic carbocycles. The van der Waals surface area contributed by atoms with Crippen LogP contribution in [0.4, 0.5) is 0 Å². The van der Waals surface area contributed by atoms with Crippen molar-refractivity contribution < 1.29 is 13.2 Å². The van der Waals surface area contributed by atoms with Gasteiger partial charge in [-0.3, -0.25) is 4.90 Å². The van der Waals surface area contributed by atoms with Crippen LogP contribution in [0.2, 0.25) is 0 Å². The highest BCUT2D eigenvalue weighted by atomic mass is 32.2. The summed E-state index contributed by atoms with van der Waals surface area (Å²) in [7, 11) is 4.00. The van der Waals surface area contributed by atoms with Crippen molar-refractivity contribution >= 4 is 10.0 Å². The Balaban J connectivity index is 2.14. The van der Waals surface area contributed by atoms with E-state index in [0.717, 1.165) is 25.1 Å². The molecule has 1 aliphatic rings. The third-order valence-corrected chi connectivity index (χ3v) is 6.46. The minimum absolute atomic E-state index is 0.0267. The summed E-state index contributed by atoms with van der Waals surface area (Å²) in [5, 5.41) is 0. The zero-order valence-corrected chi connectivity index (χ0v) is 15.3. The summed E-state index contributed by atoms with van der Waals surface area (Å²) in [5.74, 6) is 0.283. The highest BCUT2D eigenvalue weighted by Crippen LogP contribution is 2.35. The second kappa shape index (κ2) is 7.74. The maximum atomic E-state index is 12.3. The van der Waals surface area contributed by atoms with E-state index in [4.69, 9.17) is 4.74 Å². The van der Waals surface area contributed by atoms with E-state index in [2.05, 4.69) is 16.9 Å². The van der Waals surface area contributed by atoms with Crippen LogP contribution in [0.15, 0.2) is 12.5 Å². The standard InChI is InChI=1S/C15H28N4O3S/c1-17-7-5-6-13(15(17)14-10-16-12-18(14)2)11-19(3)23(20,21)9-8-22-4/h10,12-13,15H,5-9,11H2,1-4H3/t13-,15+/m0/s1. The second-order valence-corrected chi connectivity index (χ2v) is 8.54. The number of methoxy groups -OCH3 is 1. The molecule has 1 fully saturated rings. The Morgan fingerprint density at radius 2 is 2.17 bits per heavy atom. The second-order valence-electron chi connectivity index (χ2n) is 6.35. The van der Waals surface area contributed by atoms with E-state index in [1.807, 2.05) is 17.8 Å². The zero-order valence-electron chi connectivity index (χ0n) is 14.5. The van der Waals surface area contributed by atoms with E-state index in [9.17, 15) is 8.42 Å². The van der Waals surface area contributed by atoms with Crippen LogP contribution >= 0.6 is 0 Å². The Morgan fingerprint density at radius 1 is 1.43 bits per heavy atom.